The van der Waals surface area contributed by atoms with Gasteiger partial charge < -0.3 is 9.64 Å². The van der Waals surface area contributed by atoms with E-state index in [0.717, 1.165) is 27.5 Å². The normalized spacial score (nSPS) is 11.2. The number of anilines is 1. The third kappa shape index (κ3) is 4.28. The van der Waals surface area contributed by atoms with Crippen molar-refractivity contribution in [2.45, 2.75) is 13.8 Å². The van der Waals surface area contributed by atoms with E-state index in [9.17, 15) is 4.79 Å². The Kier molecular flexibility index (Phi) is 5.77. The quantitative estimate of drug-likeness (QED) is 0.642. The van der Waals surface area contributed by atoms with Crippen LogP contribution >= 0.6 is 11.3 Å². The Balaban J connectivity index is 2.02. The van der Waals surface area contributed by atoms with Crippen LogP contribution in [0.5, 0.6) is 5.75 Å². The third-order valence-electron chi connectivity index (χ3n) is 4.38. The number of carbonyl (C=O) groups is 1. The van der Waals surface area contributed by atoms with Crippen molar-refractivity contribution in [2.75, 3.05) is 39.2 Å². The van der Waals surface area contributed by atoms with Gasteiger partial charge in [-0.25, -0.2) is 4.98 Å². The van der Waals surface area contributed by atoms with E-state index in [1.807, 2.05) is 32.3 Å². The number of aryl methyl sites for hydroxylation is 2. The van der Waals surface area contributed by atoms with Crippen molar-refractivity contribution in [2.24, 2.45) is 0 Å². The van der Waals surface area contributed by atoms with E-state index in [0.29, 0.717) is 17.9 Å². The molecule has 3 aromatic rings. The maximum absolute atomic E-state index is 13.3. The highest BCUT2D eigenvalue weighted by Gasteiger charge is 2.22. The monoisotopic (exact) mass is 383 g/mol. The van der Waals surface area contributed by atoms with Crippen molar-refractivity contribution >= 4 is 32.6 Å². The molecule has 27 heavy (non-hydrogen) atoms. The van der Waals surface area contributed by atoms with Crippen molar-refractivity contribution in [1.82, 2.24) is 9.88 Å². The van der Waals surface area contributed by atoms with Gasteiger partial charge in [-0.1, -0.05) is 23.5 Å². The number of thiazole rings is 1. The minimum absolute atomic E-state index is 0.0656. The van der Waals surface area contributed by atoms with Crippen molar-refractivity contribution in [3.05, 3.63) is 53.1 Å². The molecule has 1 aromatic heterocycles. The molecular weight excluding hydrogens is 358 g/mol. The number of fused-ring (bicyclic) bond motifs is 1. The van der Waals surface area contributed by atoms with Crippen LogP contribution < -0.4 is 9.64 Å². The molecule has 0 radical (unpaired) electrons. The van der Waals surface area contributed by atoms with Crippen LogP contribution in [0.2, 0.25) is 0 Å². The van der Waals surface area contributed by atoms with Crippen LogP contribution in [-0.2, 0) is 0 Å². The Morgan fingerprint density at radius 2 is 1.93 bits per heavy atom. The molecule has 6 heteroatoms. The predicted octanol–water partition coefficient (Wildman–Crippen LogP) is 4.13. The molecule has 0 unspecified atom stereocenters. The summed E-state index contributed by atoms with van der Waals surface area (Å²) < 4.78 is 6.38. The summed E-state index contributed by atoms with van der Waals surface area (Å²) >= 11 is 1.56. The molecule has 0 spiro atoms. The number of rotatable bonds is 6. The zero-order valence-electron chi connectivity index (χ0n) is 16.4. The number of nitrogens with zero attached hydrogens (tertiary/aromatic N) is 3. The predicted molar refractivity (Wildman–Crippen MR) is 112 cm³/mol. The van der Waals surface area contributed by atoms with Gasteiger partial charge in [-0.3, -0.25) is 9.69 Å². The molecule has 142 valence electrons. The topological polar surface area (TPSA) is 45.7 Å². The fraction of sp³-hybridized carbons (Fsp3) is 0.333. The Morgan fingerprint density at radius 3 is 2.63 bits per heavy atom. The molecule has 0 aliphatic heterocycles. The van der Waals surface area contributed by atoms with Crippen molar-refractivity contribution < 1.29 is 9.53 Å². The van der Waals surface area contributed by atoms with Gasteiger partial charge in [0, 0.05) is 18.7 Å². The highest BCUT2D eigenvalue weighted by molar-refractivity contribution is 7.22. The van der Waals surface area contributed by atoms with E-state index in [1.165, 1.54) is 5.56 Å². The van der Waals surface area contributed by atoms with Crippen LogP contribution in [0.4, 0.5) is 5.13 Å². The van der Waals surface area contributed by atoms with E-state index in [2.05, 4.69) is 30.9 Å². The first-order valence-corrected chi connectivity index (χ1v) is 9.69. The second-order valence-electron chi connectivity index (χ2n) is 6.92. The van der Waals surface area contributed by atoms with Crippen LogP contribution in [0.15, 0.2) is 36.4 Å². The SMILES string of the molecule is COc1cccc(C(=O)N(CCN(C)C)c2nc3c(C)cc(C)cc3s2)c1. The second kappa shape index (κ2) is 8.06. The summed E-state index contributed by atoms with van der Waals surface area (Å²) in [6, 6.07) is 11.5. The molecule has 0 N–H and O–H groups in total. The molecule has 1 amide bonds. The summed E-state index contributed by atoms with van der Waals surface area (Å²) in [4.78, 5) is 21.9. The first-order valence-electron chi connectivity index (χ1n) is 8.87. The highest BCUT2D eigenvalue weighted by atomic mass is 32.1. The van der Waals surface area contributed by atoms with Crippen molar-refractivity contribution in [3.63, 3.8) is 0 Å². The smallest absolute Gasteiger partial charge is 0.260 e. The van der Waals surface area contributed by atoms with E-state index >= 15 is 0 Å². The minimum atomic E-state index is -0.0656. The molecule has 0 saturated heterocycles. The lowest BCUT2D eigenvalue weighted by Crippen LogP contribution is -2.36. The molecule has 2 aromatic carbocycles. The van der Waals surface area contributed by atoms with Gasteiger partial charge in [0.2, 0.25) is 0 Å². The number of benzene rings is 2. The summed E-state index contributed by atoms with van der Waals surface area (Å²) in [5.41, 5.74) is 3.90. The first kappa shape index (κ1) is 19.3. The molecule has 0 saturated carbocycles. The Labute approximate surface area is 164 Å². The van der Waals surface area contributed by atoms with Gasteiger partial charge in [-0.05, 0) is 63.3 Å². The highest BCUT2D eigenvalue weighted by Crippen LogP contribution is 2.32. The largest absolute Gasteiger partial charge is 0.497 e. The summed E-state index contributed by atoms with van der Waals surface area (Å²) in [6.07, 6.45) is 0. The Morgan fingerprint density at radius 1 is 1.15 bits per heavy atom. The number of carbonyl (C=O) groups excluding carboxylic acids is 1. The van der Waals surface area contributed by atoms with Gasteiger partial charge in [-0.15, -0.1) is 0 Å². The van der Waals surface area contributed by atoms with Gasteiger partial charge in [0.1, 0.15) is 5.75 Å². The van der Waals surface area contributed by atoms with E-state index in [1.54, 1.807) is 29.4 Å². The second-order valence-corrected chi connectivity index (χ2v) is 7.93. The van der Waals surface area contributed by atoms with Crippen molar-refractivity contribution in [1.29, 1.82) is 0 Å². The molecule has 0 atom stereocenters. The molecular formula is C21H25N3O2S. The maximum atomic E-state index is 13.3. The molecule has 5 nitrogen and oxygen atoms in total. The van der Waals surface area contributed by atoms with Crippen LogP contribution in [0, 0.1) is 13.8 Å². The maximum Gasteiger partial charge on any atom is 0.260 e. The van der Waals surface area contributed by atoms with Gasteiger partial charge in [-0.2, -0.15) is 0 Å². The Hall–Kier alpha value is -2.44. The molecule has 1 heterocycles. The third-order valence-corrected chi connectivity index (χ3v) is 5.41. The number of amides is 1. The van der Waals surface area contributed by atoms with Gasteiger partial charge >= 0.3 is 0 Å². The van der Waals surface area contributed by atoms with Gasteiger partial charge in [0.05, 0.1) is 17.3 Å². The number of likely N-dealkylation sites (N-methyl/N-ethyl adjacent to an activating group) is 1. The lowest BCUT2D eigenvalue weighted by Gasteiger charge is -2.22. The number of hydrogen-bond acceptors (Lipinski definition) is 5. The van der Waals surface area contributed by atoms with Crippen LogP contribution in [0.1, 0.15) is 21.5 Å². The summed E-state index contributed by atoms with van der Waals surface area (Å²) in [7, 11) is 5.60. The standard InChI is InChI=1S/C21H25N3O2S/c1-14-11-15(2)19-18(12-14)27-21(22-19)24(10-9-23(3)4)20(25)16-7-6-8-17(13-16)26-5/h6-8,11-13H,9-10H2,1-5H3. The number of aromatic nitrogens is 1. The number of methoxy groups -OCH3 is 1. The van der Waals surface area contributed by atoms with E-state index < -0.39 is 0 Å². The molecule has 0 aliphatic rings. The average Bonchev–Trinajstić information content (AvgIpc) is 3.05. The number of hydrogen-bond donors (Lipinski definition) is 0. The van der Waals surface area contributed by atoms with Crippen LogP contribution in [0.25, 0.3) is 10.2 Å². The van der Waals surface area contributed by atoms with Crippen LogP contribution in [-0.4, -0.2) is 50.1 Å². The summed E-state index contributed by atoms with van der Waals surface area (Å²) in [5.74, 6) is 0.605. The van der Waals surface area contributed by atoms with E-state index in [4.69, 9.17) is 9.72 Å². The lowest BCUT2D eigenvalue weighted by atomic mass is 10.1. The van der Waals surface area contributed by atoms with E-state index in [-0.39, 0.29) is 5.91 Å². The Bertz CT molecular complexity index is 965. The summed E-state index contributed by atoms with van der Waals surface area (Å²) in [5, 5.41) is 0.730. The van der Waals surface area contributed by atoms with Gasteiger partial charge in [0.25, 0.3) is 5.91 Å². The molecule has 0 fully saturated rings. The van der Waals surface area contributed by atoms with Crippen LogP contribution in [0.3, 0.4) is 0 Å². The molecule has 0 bridgehead atoms. The molecule has 3 rings (SSSR count). The fourth-order valence-electron chi connectivity index (χ4n) is 2.97. The zero-order valence-corrected chi connectivity index (χ0v) is 17.3. The van der Waals surface area contributed by atoms with Gasteiger partial charge in [0.15, 0.2) is 5.13 Å². The number of ether oxygens (including phenoxy) is 1. The molecule has 0 aliphatic carbocycles. The first-order chi connectivity index (χ1) is 12.9. The summed E-state index contributed by atoms with van der Waals surface area (Å²) in [6.45, 7) is 5.47. The average molecular weight is 384 g/mol. The minimum Gasteiger partial charge on any atom is -0.497 e. The lowest BCUT2D eigenvalue weighted by molar-refractivity contribution is 0.0985. The zero-order chi connectivity index (χ0) is 19.6. The fourth-order valence-corrected chi connectivity index (χ4v) is 4.14. The van der Waals surface area contributed by atoms with Crippen molar-refractivity contribution in [3.8, 4) is 5.75 Å².